The summed E-state index contributed by atoms with van der Waals surface area (Å²) in [6.07, 6.45) is 3.38. The van der Waals surface area contributed by atoms with Crippen LogP contribution in [0.4, 0.5) is 0 Å². The molecule has 3 atom stereocenters. The maximum Gasteiger partial charge on any atom is 0.305 e. The molecule has 208 valence electrons. The minimum absolute atomic E-state index is 0.0210. The fraction of sp³-hybridized carbons (Fsp3) is 0.500. The maximum atomic E-state index is 13.1. The molecular formula is C28H38N2O8. The molecule has 1 amide bonds. The third-order valence-corrected chi connectivity index (χ3v) is 5.76. The van der Waals surface area contributed by atoms with Crippen molar-refractivity contribution in [1.29, 1.82) is 0 Å². The summed E-state index contributed by atoms with van der Waals surface area (Å²) in [5.74, 6) is -1.00. The van der Waals surface area contributed by atoms with E-state index in [1.54, 1.807) is 6.92 Å². The topological polar surface area (TPSA) is 122 Å². The van der Waals surface area contributed by atoms with Crippen molar-refractivity contribution in [2.75, 3.05) is 33.7 Å². The van der Waals surface area contributed by atoms with Crippen molar-refractivity contribution in [3.63, 3.8) is 0 Å². The molecule has 10 nitrogen and oxygen atoms in total. The van der Waals surface area contributed by atoms with Gasteiger partial charge in [-0.25, -0.2) is 4.98 Å². The monoisotopic (exact) mass is 530 g/mol. The smallest absolute Gasteiger partial charge is 0.305 e. The summed E-state index contributed by atoms with van der Waals surface area (Å²) in [6, 6.07) is 11.5. The van der Waals surface area contributed by atoms with Gasteiger partial charge in [-0.1, -0.05) is 37.3 Å². The van der Waals surface area contributed by atoms with Crippen molar-refractivity contribution < 1.29 is 38.1 Å². The molecule has 1 heterocycles. The largest absolute Gasteiger partial charge is 0.493 e. The zero-order valence-electron chi connectivity index (χ0n) is 22.7. The van der Waals surface area contributed by atoms with Crippen molar-refractivity contribution in [3.8, 4) is 11.5 Å². The molecule has 1 aromatic heterocycles. The number of nitrogens with one attached hydrogen (secondary N) is 1. The Hall–Kier alpha value is -3.50. The number of esters is 1. The van der Waals surface area contributed by atoms with Gasteiger partial charge in [-0.15, -0.1) is 0 Å². The number of hydrogen-bond donors (Lipinski definition) is 1. The first kappa shape index (κ1) is 30.7. The molecule has 0 spiro atoms. The Bertz CT molecular complexity index is 1030. The molecule has 10 heteroatoms. The van der Waals surface area contributed by atoms with E-state index in [0.717, 1.165) is 18.4 Å². The van der Waals surface area contributed by atoms with E-state index >= 15 is 0 Å². The van der Waals surface area contributed by atoms with Crippen molar-refractivity contribution in [2.24, 2.45) is 5.92 Å². The molecule has 0 aliphatic carbocycles. The van der Waals surface area contributed by atoms with Gasteiger partial charge in [-0.3, -0.25) is 9.59 Å². The van der Waals surface area contributed by atoms with Crippen LogP contribution < -0.4 is 14.8 Å². The van der Waals surface area contributed by atoms with Crippen molar-refractivity contribution >= 4 is 18.2 Å². The Kier molecular flexibility index (Phi) is 12.7. The number of carbonyl (C=O) groups is 3. The lowest BCUT2D eigenvalue weighted by Crippen LogP contribution is -2.52. The summed E-state index contributed by atoms with van der Waals surface area (Å²) >= 11 is 0. The highest BCUT2D eigenvalue weighted by Crippen LogP contribution is 2.30. The summed E-state index contributed by atoms with van der Waals surface area (Å²) in [5.41, 5.74) is -0.331. The Morgan fingerprint density at radius 1 is 1.18 bits per heavy atom. The molecule has 0 fully saturated rings. The average molecular weight is 531 g/mol. The highest BCUT2D eigenvalue weighted by molar-refractivity contribution is 5.97. The van der Waals surface area contributed by atoms with Gasteiger partial charge in [-0.2, -0.15) is 0 Å². The Morgan fingerprint density at radius 2 is 1.92 bits per heavy atom. The lowest BCUT2D eigenvalue weighted by atomic mass is 9.95. The number of methoxy groups -OCH3 is 1. The molecule has 2 aromatic rings. The number of aldehydes is 1. The van der Waals surface area contributed by atoms with Gasteiger partial charge >= 0.3 is 5.97 Å². The van der Waals surface area contributed by atoms with E-state index in [9.17, 15) is 14.4 Å². The van der Waals surface area contributed by atoms with Gasteiger partial charge < -0.3 is 33.8 Å². The second-order valence-corrected chi connectivity index (χ2v) is 9.12. The highest BCUT2D eigenvalue weighted by atomic mass is 16.7. The number of rotatable bonds is 17. The highest BCUT2D eigenvalue weighted by Gasteiger charge is 2.31. The van der Waals surface area contributed by atoms with Crippen LogP contribution >= 0.6 is 0 Å². The third kappa shape index (κ3) is 9.75. The molecule has 0 unspecified atom stereocenters. The molecule has 2 rings (SSSR count). The first-order valence-electron chi connectivity index (χ1n) is 12.5. The quantitative estimate of drug-likeness (QED) is 0.142. The predicted octanol–water partition coefficient (Wildman–Crippen LogP) is 3.37. The molecule has 1 aromatic carbocycles. The van der Waals surface area contributed by atoms with Crippen LogP contribution in [0.15, 0.2) is 42.6 Å². The second-order valence-electron chi connectivity index (χ2n) is 9.12. The van der Waals surface area contributed by atoms with Crippen LogP contribution in [-0.2, 0) is 30.2 Å². The van der Waals surface area contributed by atoms with E-state index in [2.05, 4.69) is 22.4 Å². The number of benzene rings is 1. The molecule has 38 heavy (non-hydrogen) atoms. The lowest BCUT2D eigenvalue weighted by molar-refractivity contribution is -0.147. The van der Waals surface area contributed by atoms with Crippen LogP contribution in [0.2, 0.25) is 0 Å². The minimum Gasteiger partial charge on any atom is -0.493 e. The van der Waals surface area contributed by atoms with Gasteiger partial charge in [0, 0.05) is 31.7 Å². The van der Waals surface area contributed by atoms with Crippen LogP contribution in [0.1, 0.15) is 50.2 Å². The number of ether oxygens (including phenoxy) is 5. The third-order valence-electron chi connectivity index (χ3n) is 5.76. The SMILES string of the molecule is CCCOC[C@@H](Cc1ccccc1)[C@H](C)OC[C@@](C)(C=O)NC(=O)c1nccc(OC)c1OCOC(C)=O. The average Bonchev–Trinajstić information content (AvgIpc) is 2.91. The molecule has 0 aliphatic rings. The van der Waals surface area contributed by atoms with Crippen LogP contribution in [0.3, 0.4) is 0 Å². The molecule has 0 aliphatic heterocycles. The van der Waals surface area contributed by atoms with Gasteiger partial charge in [0.1, 0.15) is 11.8 Å². The van der Waals surface area contributed by atoms with Gasteiger partial charge in [0.05, 0.1) is 26.4 Å². The summed E-state index contributed by atoms with van der Waals surface area (Å²) in [4.78, 5) is 40.4. The molecule has 0 saturated heterocycles. The van der Waals surface area contributed by atoms with Crippen LogP contribution in [0, 0.1) is 5.92 Å². The van der Waals surface area contributed by atoms with E-state index in [-0.39, 0.29) is 35.8 Å². The Morgan fingerprint density at radius 3 is 2.55 bits per heavy atom. The fourth-order valence-corrected chi connectivity index (χ4v) is 3.58. The van der Waals surface area contributed by atoms with E-state index in [1.807, 2.05) is 32.0 Å². The molecular weight excluding hydrogens is 492 g/mol. The summed E-state index contributed by atoms with van der Waals surface area (Å²) in [6.45, 7) is 7.41. The number of pyridine rings is 1. The summed E-state index contributed by atoms with van der Waals surface area (Å²) in [5, 5.41) is 2.68. The van der Waals surface area contributed by atoms with Crippen molar-refractivity contribution in [2.45, 2.75) is 52.2 Å². The normalized spacial score (nSPS) is 14.0. The summed E-state index contributed by atoms with van der Waals surface area (Å²) < 4.78 is 27.4. The number of aromatic nitrogens is 1. The van der Waals surface area contributed by atoms with Crippen molar-refractivity contribution in [1.82, 2.24) is 10.3 Å². The number of hydrogen-bond acceptors (Lipinski definition) is 9. The molecule has 0 radical (unpaired) electrons. The minimum atomic E-state index is -1.36. The van der Waals surface area contributed by atoms with Gasteiger partial charge in [0.2, 0.25) is 6.79 Å². The molecule has 0 saturated carbocycles. The van der Waals surface area contributed by atoms with Crippen LogP contribution in [-0.4, -0.2) is 68.5 Å². The standard InChI is InChI=1S/C28H38N2O8/c1-6-14-35-16-23(15-22-10-8-7-9-11-22)20(2)36-18-28(4,17-31)30-27(33)25-26(38-19-37-21(3)32)24(34-5)12-13-29-25/h7-13,17,20,23H,6,14-16,18-19H2,1-5H3,(H,30,33)/t20-,23+,28+/m0/s1. The van der Waals surface area contributed by atoms with Gasteiger partial charge in [0.25, 0.3) is 5.91 Å². The van der Waals surface area contributed by atoms with E-state index in [0.29, 0.717) is 19.5 Å². The first-order valence-corrected chi connectivity index (χ1v) is 12.5. The van der Waals surface area contributed by atoms with Crippen LogP contribution in [0.25, 0.3) is 0 Å². The van der Waals surface area contributed by atoms with Crippen LogP contribution in [0.5, 0.6) is 11.5 Å². The van der Waals surface area contributed by atoms with Gasteiger partial charge in [-0.05, 0) is 32.3 Å². The Balaban J connectivity index is 2.11. The van der Waals surface area contributed by atoms with Crippen molar-refractivity contribution in [3.05, 3.63) is 53.9 Å². The zero-order valence-corrected chi connectivity index (χ0v) is 22.7. The molecule has 1 N–H and O–H groups in total. The fourth-order valence-electron chi connectivity index (χ4n) is 3.58. The van der Waals surface area contributed by atoms with E-state index < -0.39 is 24.2 Å². The van der Waals surface area contributed by atoms with E-state index in [4.69, 9.17) is 23.7 Å². The lowest BCUT2D eigenvalue weighted by Gasteiger charge is -2.30. The zero-order chi connectivity index (χ0) is 28.0. The Labute approximate surface area is 224 Å². The summed E-state index contributed by atoms with van der Waals surface area (Å²) in [7, 11) is 1.40. The maximum absolute atomic E-state index is 13.1. The number of nitrogens with zero attached hydrogens (tertiary/aromatic N) is 1. The van der Waals surface area contributed by atoms with Gasteiger partial charge in [0.15, 0.2) is 17.2 Å². The second kappa shape index (κ2) is 15.7. The first-order chi connectivity index (χ1) is 18.2. The van der Waals surface area contributed by atoms with E-state index in [1.165, 1.54) is 26.3 Å². The number of amides is 1. The predicted molar refractivity (Wildman–Crippen MR) is 140 cm³/mol. The number of carbonyl (C=O) groups excluding carboxylic acids is 3. The molecule has 0 bridgehead atoms.